The van der Waals surface area contributed by atoms with Gasteiger partial charge < -0.3 is 14.3 Å². The summed E-state index contributed by atoms with van der Waals surface area (Å²) in [7, 11) is -2.87. The number of aliphatic hydroxyl groups is 1. The van der Waals surface area contributed by atoms with Crippen molar-refractivity contribution in [1.82, 2.24) is 4.90 Å². The molecule has 1 fully saturated rings. The molecule has 7 heteroatoms. The number of likely N-dealkylation sites (tertiary alicyclic amines) is 1. The van der Waals surface area contributed by atoms with Gasteiger partial charge in [0.1, 0.15) is 12.7 Å². The molecule has 2 amide bonds. The van der Waals surface area contributed by atoms with Gasteiger partial charge in [-0.1, -0.05) is 112 Å². The van der Waals surface area contributed by atoms with E-state index in [4.69, 9.17) is 9.16 Å². The Morgan fingerprint density at radius 1 is 0.917 bits per heavy atom. The van der Waals surface area contributed by atoms with Crippen molar-refractivity contribution in [2.75, 3.05) is 6.61 Å². The highest BCUT2D eigenvalue weighted by Crippen LogP contribution is 2.37. The fourth-order valence-corrected chi connectivity index (χ4v) is 9.56. The fourth-order valence-electron chi connectivity index (χ4n) is 4.96. The molecule has 3 aromatic carbocycles. The third-order valence-electron chi connectivity index (χ3n) is 6.69. The summed E-state index contributed by atoms with van der Waals surface area (Å²) in [6.45, 7) is 6.65. The first-order valence-corrected chi connectivity index (χ1v) is 14.1. The number of rotatable bonds is 7. The van der Waals surface area contributed by atoms with Crippen molar-refractivity contribution in [3.8, 4) is 0 Å². The molecule has 188 valence electrons. The van der Waals surface area contributed by atoms with Crippen molar-refractivity contribution < 1.29 is 23.9 Å². The molecular weight excluding hydrogens is 470 g/mol. The third-order valence-corrected chi connectivity index (χ3v) is 11.7. The molecule has 2 atom stereocenters. The second-order valence-corrected chi connectivity index (χ2v) is 14.4. The first-order valence-electron chi connectivity index (χ1n) is 12.2. The van der Waals surface area contributed by atoms with Crippen molar-refractivity contribution in [3.63, 3.8) is 0 Å². The predicted octanol–water partition coefficient (Wildman–Crippen LogP) is 3.86. The van der Waals surface area contributed by atoms with Gasteiger partial charge in [-0.15, -0.1) is 0 Å². The van der Waals surface area contributed by atoms with Gasteiger partial charge in [-0.25, -0.2) is 9.69 Å². The maximum Gasteiger partial charge on any atom is 0.417 e. The normalized spacial score (nSPS) is 18.3. The summed E-state index contributed by atoms with van der Waals surface area (Å²) in [5.41, 5.74) is 0.818. The van der Waals surface area contributed by atoms with Crippen molar-refractivity contribution >= 4 is 30.7 Å². The summed E-state index contributed by atoms with van der Waals surface area (Å²) in [5.74, 6) is -0.649. The number of hydrogen-bond acceptors (Lipinski definition) is 5. The average molecular weight is 504 g/mol. The Morgan fingerprint density at radius 2 is 1.42 bits per heavy atom. The molecular formula is C29H33NO5Si. The van der Waals surface area contributed by atoms with Crippen molar-refractivity contribution in [2.45, 2.75) is 51.0 Å². The molecule has 1 N–H and O–H groups in total. The number of carbonyl (C=O) groups excluding carboxylic acids is 2. The Labute approximate surface area is 213 Å². The number of benzene rings is 3. The topological polar surface area (TPSA) is 76.1 Å². The minimum absolute atomic E-state index is 0.0435. The van der Waals surface area contributed by atoms with Gasteiger partial charge in [0, 0.05) is 6.42 Å². The van der Waals surface area contributed by atoms with Gasteiger partial charge >= 0.3 is 6.09 Å². The zero-order valence-electron chi connectivity index (χ0n) is 21.0. The van der Waals surface area contributed by atoms with Crippen LogP contribution in [0.15, 0.2) is 91.0 Å². The number of aliphatic hydroxyl groups excluding tert-OH is 1. The van der Waals surface area contributed by atoms with Crippen molar-refractivity contribution in [3.05, 3.63) is 96.6 Å². The van der Waals surface area contributed by atoms with E-state index in [-0.39, 0.29) is 24.7 Å². The van der Waals surface area contributed by atoms with Crippen LogP contribution in [0.2, 0.25) is 5.04 Å². The van der Waals surface area contributed by atoms with Gasteiger partial charge in [0.05, 0.1) is 12.6 Å². The maximum atomic E-state index is 13.0. The fraction of sp³-hybridized carbons (Fsp3) is 0.310. The Hall–Kier alpha value is -3.26. The Kier molecular flexibility index (Phi) is 7.73. The molecule has 1 aliphatic heterocycles. The van der Waals surface area contributed by atoms with Crippen molar-refractivity contribution in [1.29, 1.82) is 0 Å². The van der Waals surface area contributed by atoms with Crippen LogP contribution in [0, 0.1) is 0 Å². The van der Waals surface area contributed by atoms with E-state index in [2.05, 4.69) is 45.0 Å². The van der Waals surface area contributed by atoms with Gasteiger partial charge in [-0.3, -0.25) is 4.79 Å². The summed E-state index contributed by atoms with van der Waals surface area (Å²) < 4.78 is 12.4. The van der Waals surface area contributed by atoms with E-state index in [0.29, 0.717) is 0 Å². The molecule has 0 bridgehead atoms. The van der Waals surface area contributed by atoms with E-state index in [1.807, 2.05) is 66.7 Å². The quantitative estimate of drug-likeness (QED) is 0.496. The van der Waals surface area contributed by atoms with Crippen LogP contribution in [0.4, 0.5) is 4.79 Å². The number of ether oxygens (including phenoxy) is 1. The number of nitrogens with zero attached hydrogens (tertiary/aromatic N) is 1. The lowest BCUT2D eigenvalue weighted by Gasteiger charge is -2.43. The van der Waals surface area contributed by atoms with Crippen LogP contribution in [0.5, 0.6) is 0 Å². The molecule has 1 saturated heterocycles. The zero-order valence-corrected chi connectivity index (χ0v) is 22.0. The molecule has 0 saturated carbocycles. The Bertz CT molecular complexity index is 1130. The summed E-state index contributed by atoms with van der Waals surface area (Å²) in [4.78, 5) is 26.8. The van der Waals surface area contributed by atoms with Crippen LogP contribution >= 0.6 is 0 Å². The summed E-state index contributed by atoms with van der Waals surface area (Å²) >= 11 is 0. The highest BCUT2D eigenvalue weighted by atomic mass is 28.4. The summed E-state index contributed by atoms with van der Waals surface area (Å²) in [5, 5.41) is 12.3. The van der Waals surface area contributed by atoms with E-state index in [1.165, 1.54) is 0 Å². The smallest absolute Gasteiger partial charge is 0.417 e. The number of imide groups is 1. The molecule has 3 aromatic rings. The van der Waals surface area contributed by atoms with Gasteiger partial charge in [-0.05, 0) is 21.0 Å². The molecule has 0 aromatic heterocycles. The van der Waals surface area contributed by atoms with E-state index in [9.17, 15) is 14.7 Å². The van der Waals surface area contributed by atoms with Crippen LogP contribution in [0.1, 0.15) is 32.8 Å². The molecule has 1 heterocycles. The summed E-state index contributed by atoms with van der Waals surface area (Å²) in [6, 6.07) is 29.0. The third kappa shape index (κ3) is 5.14. The minimum atomic E-state index is -2.87. The first-order chi connectivity index (χ1) is 17.2. The minimum Gasteiger partial charge on any atom is -0.444 e. The molecule has 0 radical (unpaired) electrons. The van der Waals surface area contributed by atoms with Crippen LogP contribution in [-0.4, -0.2) is 49.1 Å². The Morgan fingerprint density at radius 3 is 1.92 bits per heavy atom. The highest BCUT2D eigenvalue weighted by Gasteiger charge is 2.52. The monoisotopic (exact) mass is 503 g/mol. The van der Waals surface area contributed by atoms with Gasteiger partial charge in [-0.2, -0.15) is 0 Å². The Balaban J connectivity index is 1.62. The maximum absolute atomic E-state index is 13.0. The second kappa shape index (κ2) is 10.8. The molecule has 0 spiro atoms. The van der Waals surface area contributed by atoms with E-state index < -0.39 is 32.5 Å². The first kappa shape index (κ1) is 25.8. The average Bonchev–Trinajstić information content (AvgIpc) is 3.17. The van der Waals surface area contributed by atoms with Crippen LogP contribution in [0.25, 0.3) is 0 Å². The van der Waals surface area contributed by atoms with E-state index in [0.717, 1.165) is 20.8 Å². The van der Waals surface area contributed by atoms with Gasteiger partial charge in [0.25, 0.3) is 14.2 Å². The zero-order chi connectivity index (χ0) is 25.8. The van der Waals surface area contributed by atoms with Crippen LogP contribution in [-0.2, 0) is 20.6 Å². The lowest BCUT2D eigenvalue weighted by Crippen LogP contribution is -2.67. The molecule has 0 unspecified atom stereocenters. The van der Waals surface area contributed by atoms with E-state index in [1.54, 1.807) is 0 Å². The molecule has 36 heavy (non-hydrogen) atoms. The van der Waals surface area contributed by atoms with Gasteiger partial charge in [0.2, 0.25) is 0 Å². The van der Waals surface area contributed by atoms with E-state index >= 15 is 0 Å². The molecule has 1 aliphatic rings. The SMILES string of the molecule is CC(C)(C)[Si](OC[C@@H]1C[C@@H](O)C(=O)N1C(=O)OCc1ccccc1)(c1ccccc1)c1ccccc1. The number of carbonyl (C=O) groups is 2. The number of hydrogen-bond donors (Lipinski definition) is 1. The molecule has 0 aliphatic carbocycles. The van der Waals surface area contributed by atoms with Crippen LogP contribution in [0.3, 0.4) is 0 Å². The van der Waals surface area contributed by atoms with Crippen molar-refractivity contribution in [2.24, 2.45) is 0 Å². The summed E-state index contributed by atoms with van der Waals surface area (Å²) in [6.07, 6.45) is -1.92. The standard InChI is InChI=1S/C29H33NO5Si/c1-29(2,3)36(24-15-9-5-10-16-24,25-17-11-6-12-18-25)35-21-23-19-26(31)27(32)30(23)28(33)34-20-22-13-7-4-8-14-22/h4-18,23,26,31H,19-21H2,1-3H3/t23-,26+/m0/s1. The van der Waals surface area contributed by atoms with Crippen LogP contribution < -0.4 is 10.4 Å². The predicted molar refractivity (Wildman–Crippen MR) is 141 cm³/mol. The highest BCUT2D eigenvalue weighted by molar-refractivity contribution is 6.99. The van der Waals surface area contributed by atoms with Gasteiger partial charge in [0.15, 0.2) is 0 Å². The largest absolute Gasteiger partial charge is 0.444 e. The second-order valence-electron chi connectivity index (χ2n) is 10.1. The molecule has 6 nitrogen and oxygen atoms in total. The number of amides is 2. The lowest BCUT2D eigenvalue weighted by molar-refractivity contribution is -0.134. The lowest BCUT2D eigenvalue weighted by atomic mass is 10.2. The molecule has 4 rings (SSSR count).